The van der Waals surface area contributed by atoms with Crippen molar-refractivity contribution >= 4 is 17.5 Å². The van der Waals surface area contributed by atoms with E-state index in [1.165, 1.54) is 0 Å². The fourth-order valence-electron chi connectivity index (χ4n) is 1.99. The molecule has 1 aromatic carbocycles. The van der Waals surface area contributed by atoms with Gasteiger partial charge in [0.1, 0.15) is 11.4 Å². The minimum Gasteiger partial charge on any atom is -0.482 e. The Balaban J connectivity index is 1.68. The van der Waals surface area contributed by atoms with Crippen LogP contribution in [0.3, 0.4) is 0 Å². The van der Waals surface area contributed by atoms with Crippen molar-refractivity contribution in [2.24, 2.45) is 0 Å². The lowest BCUT2D eigenvalue weighted by Gasteiger charge is -2.18. The molecular weight excluding hydrogens is 258 g/mol. The number of amides is 2. The van der Waals surface area contributed by atoms with Crippen LogP contribution < -0.4 is 15.4 Å². The van der Waals surface area contributed by atoms with Crippen molar-refractivity contribution in [1.82, 2.24) is 10.3 Å². The predicted octanol–water partition coefficient (Wildman–Crippen LogP) is 1.28. The summed E-state index contributed by atoms with van der Waals surface area (Å²) in [4.78, 5) is 25.9. The molecule has 0 saturated carbocycles. The van der Waals surface area contributed by atoms with E-state index in [2.05, 4.69) is 15.6 Å². The second-order valence-electron chi connectivity index (χ2n) is 4.43. The first kappa shape index (κ1) is 12.3. The first-order valence-electron chi connectivity index (χ1n) is 6.19. The van der Waals surface area contributed by atoms with Crippen LogP contribution in [0.15, 0.2) is 36.5 Å². The van der Waals surface area contributed by atoms with Gasteiger partial charge >= 0.3 is 0 Å². The summed E-state index contributed by atoms with van der Waals surface area (Å²) in [6, 6.07) is 8.90. The minimum absolute atomic E-state index is 0.0376. The maximum absolute atomic E-state index is 11.8. The number of carbonyl (C=O) groups is 2. The number of ether oxygens (including phenoxy) is 1. The molecule has 2 aromatic rings. The van der Waals surface area contributed by atoms with Crippen LogP contribution >= 0.6 is 0 Å². The number of H-pyrrole nitrogens is 1. The molecule has 2 heterocycles. The lowest BCUT2D eigenvalue weighted by atomic mass is 10.1. The summed E-state index contributed by atoms with van der Waals surface area (Å²) in [5.74, 6) is 0.294. The van der Waals surface area contributed by atoms with Gasteiger partial charge in [-0.1, -0.05) is 6.07 Å². The Labute approximate surface area is 115 Å². The molecule has 0 saturated heterocycles. The molecule has 0 atom stereocenters. The van der Waals surface area contributed by atoms with Gasteiger partial charge in [-0.15, -0.1) is 0 Å². The highest BCUT2D eigenvalue weighted by Crippen LogP contribution is 2.28. The topological polar surface area (TPSA) is 83.2 Å². The minimum atomic E-state index is -0.176. The van der Waals surface area contributed by atoms with Gasteiger partial charge in [0.05, 0.1) is 5.69 Å². The van der Waals surface area contributed by atoms with Gasteiger partial charge < -0.3 is 20.4 Å². The number of aromatic nitrogens is 1. The van der Waals surface area contributed by atoms with Crippen LogP contribution in [0.2, 0.25) is 0 Å². The van der Waals surface area contributed by atoms with Crippen LogP contribution in [0.5, 0.6) is 5.75 Å². The number of benzene rings is 1. The highest BCUT2D eigenvalue weighted by Gasteiger charge is 2.16. The summed E-state index contributed by atoms with van der Waals surface area (Å²) in [6.45, 7) is 0.414. The Morgan fingerprint density at radius 2 is 2.25 bits per heavy atom. The van der Waals surface area contributed by atoms with Crippen molar-refractivity contribution in [3.05, 3.63) is 47.8 Å². The summed E-state index contributed by atoms with van der Waals surface area (Å²) in [6.07, 6.45) is 1.70. The third kappa shape index (κ3) is 2.49. The maximum atomic E-state index is 11.8. The molecule has 1 aliphatic heterocycles. The number of hydrogen-bond donors (Lipinski definition) is 3. The Morgan fingerprint density at radius 3 is 3.05 bits per heavy atom. The van der Waals surface area contributed by atoms with Gasteiger partial charge in [0.2, 0.25) is 0 Å². The zero-order chi connectivity index (χ0) is 13.9. The second-order valence-corrected chi connectivity index (χ2v) is 4.43. The molecule has 0 spiro atoms. The van der Waals surface area contributed by atoms with Gasteiger partial charge in [0, 0.05) is 12.7 Å². The molecule has 20 heavy (non-hydrogen) atoms. The molecule has 1 aliphatic rings. The van der Waals surface area contributed by atoms with E-state index >= 15 is 0 Å². The van der Waals surface area contributed by atoms with Crippen LogP contribution in [0, 0.1) is 0 Å². The monoisotopic (exact) mass is 271 g/mol. The van der Waals surface area contributed by atoms with E-state index in [-0.39, 0.29) is 18.4 Å². The van der Waals surface area contributed by atoms with Crippen LogP contribution in [-0.2, 0) is 11.3 Å². The molecule has 6 heteroatoms. The first-order valence-corrected chi connectivity index (χ1v) is 6.19. The molecule has 2 amide bonds. The molecule has 0 unspecified atom stereocenters. The van der Waals surface area contributed by atoms with E-state index in [0.717, 1.165) is 5.56 Å². The fourth-order valence-corrected chi connectivity index (χ4v) is 1.99. The third-order valence-electron chi connectivity index (χ3n) is 2.97. The van der Waals surface area contributed by atoms with Crippen molar-refractivity contribution in [2.45, 2.75) is 6.54 Å². The molecule has 3 rings (SSSR count). The van der Waals surface area contributed by atoms with Gasteiger partial charge in [-0.25, -0.2) is 0 Å². The number of rotatable bonds is 3. The van der Waals surface area contributed by atoms with Crippen LogP contribution in [0.1, 0.15) is 16.1 Å². The molecule has 6 nitrogen and oxygen atoms in total. The zero-order valence-corrected chi connectivity index (χ0v) is 10.6. The molecule has 0 aliphatic carbocycles. The quantitative estimate of drug-likeness (QED) is 0.786. The number of fused-ring (bicyclic) bond motifs is 1. The number of carbonyl (C=O) groups excluding carboxylic acids is 2. The predicted molar refractivity (Wildman–Crippen MR) is 72.5 cm³/mol. The average molecular weight is 271 g/mol. The molecule has 3 N–H and O–H groups in total. The zero-order valence-electron chi connectivity index (χ0n) is 10.6. The maximum Gasteiger partial charge on any atom is 0.267 e. The van der Waals surface area contributed by atoms with Crippen LogP contribution in [-0.4, -0.2) is 23.4 Å². The number of hydrogen-bond acceptors (Lipinski definition) is 3. The second kappa shape index (κ2) is 5.08. The van der Waals surface area contributed by atoms with Crippen molar-refractivity contribution < 1.29 is 14.3 Å². The van der Waals surface area contributed by atoms with Crippen LogP contribution in [0.25, 0.3) is 0 Å². The van der Waals surface area contributed by atoms with Crippen LogP contribution in [0.4, 0.5) is 5.69 Å². The Bertz CT molecular complexity index is 650. The summed E-state index contributed by atoms with van der Waals surface area (Å²) >= 11 is 0. The SMILES string of the molecule is O=C1COc2ccc(CNC(=O)c3ccc[nH]3)cc2N1. The van der Waals surface area contributed by atoms with Crippen molar-refractivity contribution in [3.63, 3.8) is 0 Å². The number of nitrogens with one attached hydrogen (secondary N) is 3. The molecule has 102 valence electrons. The summed E-state index contributed by atoms with van der Waals surface area (Å²) in [7, 11) is 0. The van der Waals surface area contributed by atoms with Gasteiger partial charge in [-0.05, 0) is 29.8 Å². The number of anilines is 1. The van der Waals surface area contributed by atoms with E-state index in [1.54, 1.807) is 30.5 Å². The van der Waals surface area contributed by atoms with Gasteiger partial charge in [0.25, 0.3) is 11.8 Å². The molecular formula is C14H13N3O3. The summed E-state index contributed by atoms with van der Waals surface area (Å²) in [5.41, 5.74) is 2.03. The lowest BCUT2D eigenvalue weighted by Crippen LogP contribution is -2.26. The number of aromatic amines is 1. The van der Waals surface area contributed by atoms with E-state index < -0.39 is 0 Å². The van der Waals surface area contributed by atoms with Crippen molar-refractivity contribution in [3.8, 4) is 5.75 Å². The first-order chi connectivity index (χ1) is 9.72. The standard InChI is InChI=1S/C14H13N3O3/c18-13-8-20-12-4-3-9(6-11(12)17-13)7-16-14(19)10-2-1-5-15-10/h1-6,15H,7-8H2,(H,16,19)(H,17,18). The average Bonchev–Trinajstić information content (AvgIpc) is 2.98. The van der Waals surface area contributed by atoms with E-state index in [1.807, 2.05) is 6.07 Å². The van der Waals surface area contributed by atoms with E-state index in [4.69, 9.17) is 4.74 Å². The Morgan fingerprint density at radius 1 is 1.35 bits per heavy atom. The lowest BCUT2D eigenvalue weighted by molar-refractivity contribution is -0.118. The third-order valence-corrected chi connectivity index (χ3v) is 2.97. The summed E-state index contributed by atoms with van der Waals surface area (Å²) < 4.78 is 5.27. The fraction of sp³-hybridized carbons (Fsp3) is 0.143. The highest BCUT2D eigenvalue weighted by molar-refractivity contribution is 5.95. The molecule has 1 aromatic heterocycles. The van der Waals surface area contributed by atoms with E-state index in [0.29, 0.717) is 23.7 Å². The van der Waals surface area contributed by atoms with E-state index in [9.17, 15) is 9.59 Å². The van der Waals surface area contributed by atoms with Crippen molar-refractivity contribution in [1.29, 1.82) is 0 Å². The Hall–Kier alpha value is -2.76. The largest absolute Gasteiger partial charge is 0.482 e. The molecule has 0 fully saturated rings. The van der Waals surface area contributed by atoms with Gasteiger partial charge in [0.15, 0.2) is 6.61 Å². The molecule has 0 bridgehead atoms. The van der Waals surface area contributed by atoms with Gasteiger partial charge in [-0.2, -0.15) is 0 Å². The normalized spacial score (nSPS) is 13.1. The Kier molecular flexibility index (Phi) is 3.12. The summed E-state index contributed by atoms with van der Waals surface area (Å²) in [5, 5.41) is 5.53. The highest BCUT2D eigenvalue weighted by atomic mass is 16.5. The molecule has 0 radical (unpaired) electrons. The van der Waals surface area contributed by atoms with Gasteiger partial charge in [-0.3, -0.25) is 9.59 Å². The smallest absolute Gasteiger partial charge is 0.267 e. The van der Waals surface area contributed by atoms with Crippen molar-refractivity contribution in [2.75, 3.05) is 11.9 Å².